The van der Waals surface area contributed by atoms with Gasteiger partial charge >= 0.3 is 0 Å². The van der Waals surface area contributed by atoms with E-state index < -0.39 is 0 Å². The summed E-state index contributed by atoms with van der Waals surface area (Å²) in [6, 6.07) is 5.46. The Labute approximate surface area is 118 Å². The number of hydrogen-bond acceptors (Lipinski definition) is 1. The van der Waals surface area contributed by atoms with E-state index in [2.05, 4.69) is 0 Å². The summed E-state index contributed by atoms with van der Waals surface area (Å²) in [5.41, 5.74) is 1.69. The van der Waals surface area contributed by atoms with Crippen molar-refractivity contribution in [2.75, 3.05) is 19.0 Å². The summed E-state index contributed by atoms with van der Waals surface area (Å²) in [4.78, 5) is 14.3. The van der Waals surface area contributed by atoms with Crippen molar-refractivity contribution in [3.63, 3.8) is 0 Å². The number of rotatable bonds is 2. The summed E-state index contributed by atoms with van der Waals surface area (Å²) in [6.45, 7) is 3.53. The maximum absolute atomic E-state index is 12.4. The quantitative estimate of drug-likeness (QED) is 0.758. The SMILES string of the molecule is Cc1ccc(Cl)cc1C(=O)N1CCC(CCl)CC1. The molecule has 0 bridgehead atoms. The molecule has 1 aliphatic heterocycles. The number of carbonyl (C=O) groups excluding carboxylic acids is 1. The molecule has 2 nitrogen and oxygen atoms in total. The second-order valence-corrected chi connectivity index (χ2v) is 5.59. The van der Waals surface area contributed by atoms with Gasteiger partial charge in [0.25, 0.3) is 5.91 Å². The zero-order chi connectivity index (χ0) is 13.1. The Bertz CT molecular complexity index is 439. The molecular formula is C14H17Cl2NO. The number of benzene rings is 1. The fourth-order valence-electron chi connectivity index (χ4n) is 2.29. The van der Waals surface area contributed by atoms with E-state index >= 15 is 0 Å². The fraction of sp³-hybridized carbons (Fsp3) is 0.500. The molecule has 0 aliphatic carbocycles. The van der Waals surface area contributed by atoms with Crippen molar-refractivity contribution < 1.29 is 4.79 Å². The summed E-state index contributed by atoms with van der Waals surface area (Å²) in [7, 11) is 0. The van der Waals surface area contributed by atoms with Crippen molar-refractivity contribution in [3.05, 3.63) is 34.3 Å². The number of alkyl halides is 1. The lowest BCUT2D eigenvalue weighted by atomic mass is 9.98. The molecule has 1 aromatic carbocycles. The van der Waals surface area contributed by atoms with Crippen LogP contribution in [0.15, 0.2) is 18.2 Å². The Balaban J connectivity index is 2.10. The average molecular weight is 286 g/mol. The van der Waals surface area contributed by atoms with E-state index in [0.29, 0.717) is 22.4 Å². The van der Waals surface area contributed by atoms with Crippen molar-refractivity contribution in [2.45, 2.75) is 19.8 Å². The van der Waals surface area contributed by atoms with Gasteiger partial charge in [-0.3, -0.25) is 4.79 Å². The molecule has 98 valence electrons. The molecule has 1 fully saturated rings. The highest BCUT2D eigenvalue weighted by Crippen LogP contribution is 2.22. The molecule has 0 N–H and O–H groups in total. The molecule has 1 aromatic rings. The van der Waals surface area contributed by atoms with Crippen molar-refractivity contribution >= 4 is 29.1 Å². The second-order valence-electron chi connectivity index (χ2n) is 4.85. The summed E-state index contributed by atoms with van der Waals surface area (Å²) in [5, 5.41) is 0.611. The summed E-state index contributed by atoms with van der Waals surface area (Å²) < 4.78 is 0. The van der Waals surface area contributed by atoms with Gasteiger partial charge in [-0.1, -0.05) is 17.7 Å². The predicted molar refractivity (Wildman–Crippen MR) is 75.5 cm³/mol. The summed E-state index contributed by atoms with van der Waals surface area (Å²) in [5.74, 6) is 1.33. The van der Waals surface area contributed by atoms with Crippen LogP contribution in [0, 0.1) is 12.8 Å². The van der Waals surface area contributed by atoms with Crippen LogP contribution < -0.4 is 0 Å². The van der Waals surface area contributed by atoms with E-state index in [1.54, 1.807) is 6.07 Å². The Morgan fingerprint density at radius 1 is 1.39 bits per heavy atom. The highest BCUT2D eigenvalue weighted by molar-refractivity contribution is 6.31. The molecule has 0 aromatic heterocycles. The lowest BCUT2D eigenvalue weighted by Gasteiger charge is -2.31. The molecule has 2 rings (SSSR count). The first-order chi connectivity index (χ1) is 8.61. The molecule has 0 radical (unpaired) electrons. The molecular weight excluding hydrogens is 269 g/mol. The Kier molecular flexibility index (Phi) is 4.52. The predicted octanol–water partition coefficient (Wildman–Crippen LogP) is 3.74. The number of carbonyl (C=O) groups is 1. The first-order valence-electron chi connectivity index (χ1n) is 6.23. The van der Waals surface area contributed by atoms with Gasteiger partial charge < -0.3 is 4.90 Å². The van der Waals surface area contributed by atoms with Gasteiger partial charge in [0, 0.05) is 29.6 Å². The van der Waals surface area contributed by atoms with Crippen LogP contribution >= 0.6 is 23.2 Å². The van der Waals surface area contributed by atoms with E-state index in [1.165, 1.54) is 0 Å². The van der Waals surface area contributed by atoms with E-state index in [4.69, 9.17) is 23.2 Å². The Hall–Kier alpha value is -0.730. The van der Waals surface area contributed by atoms with Gasteiger partial charge in [0.1, 0.15) is 0 Å². The minimum Gasteiger partial charge on any atom is -0.339 e. The maximum atomic E-state index is 12.4. The molecule has 0 unspecified atom stereocenters. The van der Waals surface area contributed by atoms with E-state index in [0.717, 1.165) is 31.5 Å². The fourth-order valence-corrected chi connectivity index (χ4v) is 2.77. The lowest BCUT2D eigenvalue weighted by molar-refractivity contribution is 0.0697. The lowest BCUT2D eigenvalue weighted by Crippen LogP contribution is -2.39. The smallest absolute Gasteiger partial charge is 0.254 e. The number of piperidine rings is 1. The molecule has 0 saturated carbocycles. The van der Waals surface area contributed by atoms with Crippen LogP contribution in [-0.2, 0) is 0 Å². The summed E-state index contributed by atoms with van der Waals surface area (Å²) >= 11 is 11.8. The van der Waals surface area contributed by atoms with Crippen molar-refractivity contribution in [1.82, 2.24) is 4.90 Å². The number of aryl methyl sites for hydroxylation is 1. The van der Waals surface area contributed by atoms with Gasteiger partial charge in [0.15, 0.2) is 0 Å². The zero-order valence-corrected chi connectivity index (χ0v) is 12.0. The highest BCUT2D eigenvalue weighted by Gasteiger charge is 2.24. The number of nitrogens with zero attached hydrogens (tertiary/aromatic N) is 1. The first-order valence-corrected chi connectivity index (χ1v) is 7.14. The third kappa shape index (κ3) is 2.99. The van der Waals surface area contributed by atoms with Gasteiger partial charge in [0.05, 0.1) is 0 Å². The zero-order valence-electron chi connectivity index (χ0n) is 10.5. The van der Waals surface area contributed by atoms with Crippen LogP contribution in [0.3, 0.4) is 0 Å². The molecule has 1 amide bonds. The maximum Gasteiger partial charge on any atom is 0.254 e. The average Bonchev–Trinajstić information content (AvgIpc) is 2.41. The minimum absolute atomic E-state index is 0.0861. The van der Waals surface area contributed by atoms with Crippen molar-refractivity contribution in [1.29, 1.82) is 0 Å². The topological polar surface area (TPSA) is 20.3 Å². The third-order valence-electron chi connectivity index (χ3n) is 3.55. The Morgan fingerprint density at radius 3 is 2.67 bits per heavy atom. The van der Waals surface area contributed by atoms with Gasteiger partial charge in [-0.25, -0.2) is 0 Å². The van der Waals surface area contributed by atoms with E-state index in [-0.39, 0.29) is 5.91 Å². The molecule has 4 heteroatoms. The van der Waals surface area contributed by atoms with Gasteiger partial charge in [-0.15, -0.1) is 11.6 Å². The number of amides is 1. The van der Waals surface area contributed by atoms with Crippen molar-refractivity contribution in [2.24, 2.45) is 5.92 Å². The Morgan fingerprint density at radius 2 is 2.06 bits per heavy atom. The van der Waals surface area contributed by atoms with Crippen molar-refractivity contribution in [3.8, 4) is 0 Å². The number of likely N-dealkylation sites (tertiary alicyclic amines) is 1. The monoisotopic (exact) mass is 285 g/mol. The second kappa shape index (κ2) is 5.94. The number of halogens is 2. The van der Waals surface area contributed by atoms with Gasteiger partial charge in [-0.2, -0.15) is 0 Å². The highest BCUT2D eigenvalue weighted by atomic mass is 35.5. The normalized spacial score (nSPS) is 16.9. The first kappa shape index (κ1) is 13.7. The standard InChI is InChI=1S/C14H17Cl2NO/c1-10-2-3-12(16)8-13(10)14(18)17-6-4-11(9-15)5-7-17/h2-3,8,11H,4-7,9H2,1H3. The number of hydrogen-bond donors (Lipinski definition) is 0. The molecule has 1 aliphatic rings. The van der Waals surface area contributed by atoms with E-state index in [9.17, 15) is 4.79 Å². The third-order valence-corrected chi connectivity index (χ3v) is 4.22. The van der Waals surface area contributed by atoms with Crippen LogP contribution in [-0.4, -0.2) is 29.8 Å². The van der Waals surface area contributed by atoms with E-state index in [1.807, 2.05) is 24.0 Å². The van der Waals surface area contributed by atoms with Gasteiger partial charge in [-0.05, 0) is 43.4 Å². The molecule has 0 spiro atoms. The van der Waals surface area contributed by atoms with Crippen LogP contribution in [0.5, 0.6) is 0 Å². The van der Waals surface area contributed by atoms with Gasteiger partial charge in [0.2, 0.25) is 0 Å². The molecule has 0 atom stereocenters. The minimum atomic E-state index is 0.0861. The van der Waals surface area contributed by atoms with Crippen LogP contribution in [0.1, 0.15) is 28.8 Å². The largest absolute Gasteiger partial charge is 0.339 e. The molecule has 1 saturated heterocycles. The van der Waals surface area contributed by atoms with Crippen LogP contribution in [0.4, 0.5) is 0 Å². The molecule has 1 heterocycles. The molecule has 18 heavy (non-hydrogen) atoms. The van der Waals surface area contributed by atoms with Crippen LogP contribution in [0.2, 0.25) is 5.02 Å². The van der Waals surface area contributed by atoms with Crippen LogP contribution in [0.25, 0.3) is 0 Å². The summed E-state index contributed by atoms with van der Waals surface area (Å²) in [6.07, 6.45) is 1.99.